The van der Waals surface area contributed by atoms with Gasteiger partial charge in [0.25, 0.3) is 5.91 Å². The number of aliphatic hydroxyl groups is 1. The van der Waals surface area contributed by atoms with Gasteiger partial charge in [0, 0.05) is 17.2 Å². The molecule has 1 atom stereocenters. The number of carboxylic acids is 1. The van der Waals surface area contributed by atoms with Crippen molar-refractivity contribution in [3.63, 3.8) is 0 Å². The van der Waals surface area contributed by atoms with Gasteiger partial charge in [0.2, 0.25) is 0 Å². The van der Waals surface area contributed by atoms with Gasteiger partial charge < -0.3 is 20.3 Å². The van der Waals surface area contributed by atoms with Gasteiger partial charge in [0.05, 0.1) is 6.61 Å². The minimum Gasteiger partial charge on any atom is -0.479 e. The molecule has 3 aromatic rings. The Balaban J connectivity index is 1.45. The third kappa shape index (κ3) is 4.85. The number of aliphatic carboxylic acids is 1. The van der Waals surface area contributed by atoms with Crippen LogP contribution in [0.1, 0.15) is 34.3 Å². The number of fused-ring (bicyclic) bond motifs is 3. The Morgan fingerprint density at radius 2 is 1.60 bits per heavy atom. The van der Waals surface area contributed by atoms with E-state index in [0.717, 1.165) is 41.3 Å². The van der Waals surface area contributed by atoms with E-state index in [4.69, 9.17) is 4.74 Å². The molecule has 0 saturated heterocycles. The minimum absolute atomic E-state index is 0.0478. The van der Waals surface area contributed by atoms with Crippen LogP contribution in [-0.4, -0.2) is 46.9 Å². The topological polar surface area (TPSA) is 125 Å². The number of aliphatic hydroxyl groups excluding tert-OH is 1. The van der Waals surface area contributed by atoms with E-state index in [9.17, 15) is 29.0 Å². The number of amides is 2. The molecule has 1 aliphatic carbocycles. The molecule has 1 aliphatic rings. The summed E-state index contributed by atoms with van der Waals surface area (Å²) in [6, 6.07) is 18.8. The van der Waals surface area contributed by atoms with E-state index in [1.807, 2.05) is 48.5 Å². The number of hydrogen-bond donors (Lipinski definition) is 4. The first-order chi connectivity index (χ1) is 16.7. The minimum atomic E-state index is -1.95. The number of carbonyl (C=O) groups is 3. The zero-order valence-electron chi connectivity index (χ0n) is 18.7. The summed E-state index contributed by atoms with van der Waals surface area (Å²) in [5.74, 6) is -3.37. The van der Waals surface area contributed by atoms with Crippen molar-refractivity contribution in [1.29, 1.82) is 0 Å². The largest absolute Gasteiger partial charge is 0.479 e. The molecule has 4 rings (SSSR count). The molecule has 0 spiro atoms. The van der Waals surface area contributed by atoms with Crippen molar-refractivity contribution in [1.82, 2.24) is 5.32 Å². The Labute approximate surface area is 200 Å². The van der Waals surface area contributed by atoms with Crippen LogP contribution in [0.15, 0.2) is 66.7 Å². The third-order valence-electron chi connectivity index (χ3n) is 5.93. The molecular formula is C26H23FN2O6. The van der Waals surface area contributed by atoms with E-state index in [0.29, 0.717) is 0 Å². The van der Waals surface area contributed by atoms with Gasteiger partial charge in [-0.3, -0.25) is 10.1 Å². The van der Waals surface area contributed by atoms with Crippen LogP contribution in [0, 0.1) is 5.82 Å². The highest BCUT2D eigenvalue weighted by molar-refractivity contribution is 5.99. The van der Waals surface area contributed by atoms with Crippen molar-refractivity contribution in [3.8, 4) is 11.1 Å². The van der Waals surface area contributed by atoms with Gasteiger partial charge in [-0.05, 0) is 47.4 Å². The number of rotatable bonds is 7. The predicted molar refractivity (Wildman–Crippen MR) is 126 cm³/mol. The number of benzene rings is 3. The first-order valence-electron chi connectivity index (χ1n) is 10.8. The number of anilines is 1. The van der Waals surface area contributed by atoms with Crippen molar-refractivity contribution < 1.29 is 33.7 Å². The molecule has 8 nitrogen and oxygen atoms in total. The molecule has 3 aromatic carbocycles. The summed E-state index contributed by atoms with van der Waals surface area (Å²) < 4.78 is 19.6. The number of hydrogen-bond acceptors (Lipinski definition) is 5. The lowest BCUT2D eigenvalue weighted by atomic mass is 9.98. The summed E-state index contributed by atoms with van der Waals surface area (Å²) in [6.45, 7) is 0.298. The van der Waals surface area contributed by atoms with Gasteiger partial charge in [0.15, 0.2) is 5.54 Å². The van der Waals surface area contributed by atoms with Crippen LogP contribution in [0.4, 0.5) is 14.9 Å². The summed E-state index contributed by atoms with van der Waals surface area (Å²) in [6.07, 6.45) is -0.838. The summed E-state index contributed by atoms with van der Waals surface area (Å²) in [5, 5.41) is 23.1. The van der Waals surface area contributed by atoms with Crippen LogP contribution < -0.4 is 10.6 Å². The highest BCUT2D eigenvalue weighted by atomic mass is 19.1. The second-order valence-corrected chi connectivity index (χ2v) is 8.43. The lowest BCUT2D eigenvalue weighted by Gasteiger charge is -2.23. The molecule has 0 fully saturated rings. The number of carboxylic acid groups (broad SMARTS) is 1. The Bertz CT molecular complexity index is 1270. The maximum Gasteiger partial charge on any atom is 0.411 e. The normalized spacial score (nSPS) is 13.8. The van der Waals surface area contributed by atoms with E-state index in [1.54, 1.807) is 0 Å². The fraction of sp³-hybridized carbons (Fsp3) is 0.192. The predicted octanol–water partition coefficient (Wildman–Crippen LogP) is 3.75. The smallest absolute Gasteiger partial charge is 0.411 e. The lowest BCUT2D eigenvalue weighted by molar-refractivity contribution is -0.145. The molecule has 0 heterocycles. The molecule has 0 aliphatic heterocycles. The Kier molecular flexibility index (Phi) is 6.52. The number of ether oxygens (including phenoxy) is 1. The first kappa shape index (κ1) is 23.9. The number of carbonyl (C=O) groups excluding carboxylic acids is 2. The average Bonchev–Trinajstić information content (AvgIpc) is 3.16. The van der Waals surface area contributed by atoms with E-state index >= 15 is 0 Å². The second-order valence-electron chi connectivity index (χ2n) is 8.43. The molecule has 1 unspecified atom stereocenters. The number of halogens is 1. The highest BCUT2D eigenvalue weighted by Crippen LogP contribution is 2.44. The van der Waals surface area contributed by atoms with Crippen LogP contribution in [-0.2, 0) is 9.53 Å². The van der Waals surface area contributed by atoms with Crippen LogP contribution in [0.25, 0.3) is 11.1 Å². The second kappa shape index (κ2) is 9.55. The standard InChI is InChI=1S/C26H23FN2O6/c1-26(14-30,24(32)33)29-23(31)15-10-16(27)12-17(11-15)28-25(34)35-13-22-20-8-4-2-6-18(20)19-7-3-5-9-21(19)22/h2-12,22,30H,13-14H2,1H3,(H,28,34)(H,29,31)(H,32,33). The van der Waals surface area contributed by atoms with Gasteiger partial charge in [-0.2, -0.15) is 0 Å². The summed E-state index contributed by atoms with van der Waals surface area (Å²) in [5.41, 5.74) is 1.99. The van der Waals surface area contributed by atoms with Gasteiger partial charge in [0.1, 0.15) is 12.4 Å². The average molecular weight is 478 g/mol. The van der Waals surface area contributed by atoms with Crippen molar-refractivity contribution in [3.05, 3.63) is 89.2 Å². The van der Waals surface area contributed by atoms with E-state index < -0.39 is 35.9 Å². The lowest BCUT2D eigenvalue weighted by Crippen LogP contribution is -2.54. The summed E-state index contributed by atoms with van der Waals surface area (Å²) >= 11 is 0. The summed E-state index contributed by atoms with van der Waals surface area (Å²) in [4.78, 5) is 36.2. The van der Waals surface area contributed by atoms with Crippen LogP contribution >= 0.6 is 0 Å². The molecule has 2 amide bonds. The first-order valence-corrected chi connectivity index (χ1v) is 10.8. The van der Waals surface area contributed by atoms with Gasteiger partial charge >= 0.3 is 12.1 Å². The maximum atomic E-state index is 14.1. The maximum absolute atomic E-state index is 14.1. The van der Waals surface area contributed by atoms with Crippen molar-refractivity contribution in [2.75, 3.05) is 18.5 Å². The highest BCUT2D eigenvalue weighted by Gasteiger charge is 2.34. The molecule has 0 aromatic heterocycles. The Morgan fingerprint density at radius 3 is 2.17 bits per heavy atom. The SMILES string of the molecule is CC(CO)(NC(=O)c1cc(F)cc(NC(=O)OCC2c3ccccc3-c3ccccc32)c1)C(=O)O. The molecule has 180 valence electrons. The third-order valence-corrected chi connectivity index (χ3v) is 5.93. The zero-order valence-corrected chi connectivity index (χ0v) is 18.7. The summed E-state index contributed by atoms with van der Waals surface area (Å²) in [7, 11) is 0. The number of nitrogens with one attached hydrogen (secondary N) is 2. The van der Waals surface area contributed by atoms with Gasteiger partial charge in [-0.25, -0.2) is 14.0 Å². The van der Waals surface area contributed by atoms with E-state index in [1.165, 1.54) is 6.07 Å². The van der Waals surface area contributed by atoms with Crippen molar-refractivity contribution in [2.24, 2.45) is 0 Å². The van der Waals surface area contributed by atoms with Gasteiger partial charge in [-0.15, -0.1) is 0 Å². The van der Waals surface area contributed by atoms with E-state index in [2.05, 4.69) is 10.6 Å². The Hall–Kier alpha value is -4.24. The fourth-order valence-corrected chi connectivity index (χ4v) is 4.03. The molecule has 35 heavy (non-hydrogen) atoms. The molecule has 0 bridgehead atoms. The molecule has 0 radical (unpaired) electrons. The molecule has 0 saturated carbocycles. The van der Waals surface area contributed by atoms with Crippen LogP contribution in [0.2, 0.25) is 0 Å². The zero-order chi connectivity index (χ0) is 25.2. The van der Waals surface area contributed by atoms with Gasteiger partial charge in [-0.1, -0.05) is 48.5 Å². The van der Waals surface area contributed by atoms with E-state index in [-0.39, 0.29) is 23.8 Å². The fourth-order valence-electron chi connectivity index (χ4n) is 4.03. The molecule has 9 heteroatoms. The Morgan fingerprint density at radius 1 is 1.00 bits per heavy atom. The van der Waals surface area contributed by atoms with Crippen LogP contribution in [0.3, 0.4) is 0 Å². The monoisotopic (exact) mass is 478 g/mol. The van der Waals surface area contributed by atoms with Crippen molar-refractivity contribution in [2.45, 2.75) is 18.4 Å². The van der Waals surface area contributed by atoms with Crippen molar-refractivity contribution >= 4 is 23.7 Å². The van der Waals surface area contributed by atoms with Crippen LogP contribution in [0.5, 0.6) is 0 Å². The molecule has 4 N–H and O–H groups in total. The molecular weight excluding hydrogens is 455 g/mol. The quantitative estimate of drug-likeness (QED) is 0.410.